The predicted molar refractivity (Wildman–Crippen MR) is 62.2 cm³/mol. The van der Waals surface area contributed by atoms with E-state index in [-0.39, 0.29) is 6.04 Å². The largest absolute Gasteiger partial charge is 0.375 e. The number of nitrogens with zero attached hydrogens (tertiary/aromatic N) is 2. The van der Waals surface area contributed by atoms with E-state index >= 15 is 0 Å². The Bertz CT molecular complexity index is 432. The quantitative estimate of drug-likeness (QED) is 0.839. The van der Waals surface area contributed by atoms with Crippen molar-refractivity contribution in [3.63, 3.8) is 0 Å². The summed E-state index contributed by atoms with van der Waals surface area (Å²) in [7, 11) is 0. The van der Waals surface area contributed by atoms with Gasteiger partial charge in [-0.05, 0) is 20.8 Å². The molecule has 2 rings (SSSR count). The molecule has 0 aliphatic rings. The number of nitrogens with one attached hydrogen (secondary N) is 2. The second kappa shape index (κ2) is 4.02. The minimum Gasteiger partial charge on any atom is -0.375 e. The van der Waals surface area contributed by atoms with Crippen LogP contribution < -0.4 is 5.32 Å². The van der Waals surface area contributed by atoms with E-state index in [0.717, 1.165) is 16.4 Å². The Balaban J connectivity index is 2.14. The topological polar surface area (TPSA) is 53.6 Å². The molecule has 0 radical (unpaired) electrons. The number of H-pyrrole nitrogens is 1. The molecule has 0 amide bonds. The lowest BCUT2D eigenvalue weighted by Crippen LogP contribution is -2.05. The summed E-state index contributed by atoms with van der Waals surface area (Å²) >= 11 is 1.74. The van der Waals surface area contributed by atoms with Crippen molar-refractivity contribution in [1.29, 1.82) is 0 Å². The summed E-state index contributed by atoms with van der Waals surface area (Å²) in [5.74, 6) is 0. The molecule has 2 heterocycles. The number of anilines is 1. The Morgan fingerprint density at radius 3 is 2.80 bits per heavy atom. The van der Waals surface area contributed by atoms with E-state index in [1.54, 1.807) is 17.5 Å². The van der Waals surface area contributed by atoms with Crippen LogP contribution in [0.25, 0.3) is 0 Å². The summed E-state index contributed by atoms with van der Waals surface area (Å²) in [6, 6.07) is 0.272. The lowest BCUT2D eigenvalue weighted by Gasteiger charge is -2.11. The van der Waals surface area contributed by atoms with Crippen LogP contribution in [-0.4, -0.2) is 15.2 Å². The van der Waals surface area contributed by atoms with Gasteiger partial charge >= 0.3 is 0 Å². The third-order valence-electron chi connectivity index (χ3n) is 2.21. The molecule has 15 heavy (non-hydrogen) atoms. The molecule has 0 aliphatic carbocycles. The highest BCUT2D eigenvalue weighted by atomic mass is 32.1. The van der Waals surface area contributed by atoms with Crippen molar-refractivity contribution in [1.82, 2.24) is 15.2 Å². The molecule has 0 aliphatic heterocycles. The lowest BCUT2D eigenvalue weighted by atomic mass is 10.2. The minimum atomic E-state index is 0.272. The van der Waals surface area contributed by atoms with Crippen LogP contribution in [0.1, 0.15) is 28.5 Å². The van der Waals surface area contributed by atoms with E-state index in [2.05, 4.69) is 27.4 Å². The average Bonchev–Trinajstić information content (AvgIpc) is 2.75. The van der Waals surface area contributed by atoms with Crippen molar-refractivity contribution in [3.8, 4) is 0 Å². The van der Waals surface area contributed by atoms with Gasteiger partial charge in [0, 0.05) is 11.1 Å². The third-order valence-corrected chi connectivity index (χ3v) is 3.47. The van der Waals surface area contributed by atoms with Gasteiger partial charge < -0.3 is 5.32 Å². The fourth-order valence-corrected chi connectivity index (χ4v) is 2.52. The van der Waals surface area contributed by atoms with E-state index in [9.17, 15) is 0 Å². The van der Waals surface area contributed by atoms with Gasteiger partial charge in [-0.2, -0.15) is 5.10 Å². The summed E-state index contributed by atoms with van der Waals surface area (Å²) in [5, 5.41) is 11.2. The normalized spacial score (nSPS) is 12.7. The summed E-state index contributed by atoms with van der Waals surface area (Å²) in [6.45, 7) is 6.21. The van der Waals surface area contributed by atoms with Gasteiger partial charge in [0.15, 0.2) is 0 Å². The maximum absolute atomic E-state index is 4.42. The molecule has 2 aromatic rings. The molecule has 80 valence electrons. The van der Waals surface area contributed by atoms with E-state index in [1.807, 2.05) is 20.0 Å². The summed E-state index contributed by atoms with van der Waals surface area (Å²) < 4.78 is 0. The van der Waals surface area contributed by atoms with E-state index < -0.39 is 0 Å². The predicted octanol–water partition coefficient (Wildman–Crippen LogP) is 2.66. The lowest BCUT2D eigenvalue weighted by molar-refractivity contribution is 0.890. The fraction of sp³-hybridized carbons (Fsp3) is 0.400. The van der Waals surface area contributed by atoms with Gasteiger partial charge in [-0.3, -0.25) is 5.10 Å². The average molecular weight is 222 g/mol. The summed E-state index contributed by atoms with van der Waals surface area (Å²) in [5.41, 5.74) is 2.12. The van der Waals surface area contributed by atoms with Crippen molar-refractivity contribution < 1.29 is 0 Å². The number of aryl methyl sites for hydroxylation is 2. The zero-order chi connectivity index (χ0) is 10.8. The molecule has 0 aromatic carbocycles. The highest BCUT2D eigenvalue weighted by molar-refractivity contribution is 7.11. The van der Waals surface area contributed by atoms with Crippen molar-refractivity contribution in [2.75, 3.05) is 5.32 Å². The second-order valence-electron chi connectivity index (χ2n) is 3.54. The molecular formula is C10H14N4S. The first-order valence-electron chi connectivity index (χ1n) is 4.86. The molecular weight excluding hydrogens is 208 g/mol. The second-order valence-corrected chi connectivity index (χ2v) is 4.77. The maximum Gasteiger partial charge on any atom is 0.0900 e. The van der Waals surface area contributed by atoms with Crippen molar-refractivity contribution >= 4 is 17.0 Å². The van der Waals surface area contributed by atoms with Crippen molar-refractivity contribution in [3.05, 3.63) is 28.0 Å². The monoisotopic (exact) mass is 222 g/mol. The molecule has 2 N–H and O–H groups in total. The van der Waals surface area contributed by atoms with Crippen molar-refractivity contribution in [2.24, 2.45) is 0 Å². The van der Waals surface area contributed by atoms with Crippen LogP contribution in [0.2, 0.25) is 0 Å². The van der Waals surface area contributed by atoms with Crippen LogP contribution in [0.5, 0.6) is 0 Å². The van der Waals surface area contributed by atoms with Gasteiger partial charge in [-0.25, -0.2) is 4.98 Å². The molecule has 0 saturated carbocycles. The number of thiazole rings is 1. The maximum atomic E-state index is 4.42. The van der Waals surface area contributed by atoms with Crippen LogP contribution in [-0.2, 0) is 0 Å². The number of rotatable bonds is 3. The first kappa shape index (κ1) is 10.2. The van der Waals surface area contributed by atoms with Crippen molar-refractivity contribution in [2.45, 2.75) is 26.8 Å². The van der Waals surface area contributed by atoms with Crippen LogP contribution >= 0.6 is 11.3 Å². The standard InChI is InChI=1S/C10H14N4S/c1-6-10(15-8(3)13-6)7(2)14-9-4-11-12-5-9/h4-5,7,14H,1-3H3,(H,11,12). The van der Waals surface area contributed by atoms with Crippen LogP contribution in [0.3, 0.4) is 0 Å². The summed E-state index contributed by atoms with van der Waals surface area (Å²) in [6.07, 6.45) is 3.62. The molecule has 0 spiro atoms. The number of hydrogen-bond donors (Lipinski definition) is 2. The number of hydrogen-bond acceptors (Lipinski definition) is 4. The Hall–Kier alpha value is -1.36. The van der Waals surface area contributed by atoms with Gasteiger partial charge in [-0.1, -0.05) is 0 Å². The first-order chi connectivity index (χ1) is 7.16. The van der Waals surface area contributed by atoms with Gasteiger partial charge in [0.05, 0.1) is 28.6 Å². The van der Waals surface area contributed by atoms with E-state index in [4.69, 9.17) is 0 Å². The molecule has 0 bridgehead atoms. The molecule has 2 aromatic heterocycles. The number of aromatic amines is 1. The molecule has 0 saturated heterocycles. The van der Waals surface area contributed by atoms with Gasteiger partial charge in [0.2, 0.25) is 0 Å². The fourth-order valence-electron chi connectivity index (χ4n) is 1.59. The first-order valence-corrected chi connectivity index (χ1v) is 5.67. The number of aromatic nitrogens is 3. The highest BCUT2D eigenvalue weighted by Crippen LogP contribution is 2.26. The van der Waals surface area contributed by atoms with Crippen LogP contribution in [0.15, 0.2) is 12.4 Å². The summed E-state index contributed by atoms with van der Waals surface area (Å²) in [4.78, 5) is 5.70. The SMILES string of the molecule is Cc1nc(C)c(C(C)Nc2cn[nH]c2)s1. The zero-order valence-electron chi connectivity index (χ0n) is 9.03. The molecule has 1 unspecified atom stereocenters. The van der Waals surface area contributed by atoms with Crippen LogP contribution in [0, 0.1) is 13.8 Å². The highest BCUT2D eigenvalue weighted by Gasteiger charge is 2.12. The Morgan fingerprint density at radius 1 is 1.47 bits per heavy atom. The molecule has 4 nitrogen and oxygen atoms in total. The Kier molecular flexibility index (Phi) is 2.73. The van der Waals surface area contributed by atoms with Gasteiger partial charge in [-0.15, -0.1) is 11.3 Å². The van der Waals surface area contributed by atoms with Crippen LogP contribution in [0.4, 0.5) is 5.69 Å². The molecule has 0 fully saturated rings. The molecule has 1 atom stereocenters. The molecule has 5 heteroatoms. The van der Waals surface area contributed by atoms with E-state index in [0.29, 0.717) is 0 Å². The van der Waals surface area contributed by atoms with Gasteiger partial charge in [0.25, 0.3) is 0 Å². The van der Waals surface area contributed by atoms with E-state index in [1.165, 1.54) is 4.88 Å². The smallest absolute Gasteiger partial charge is 0.0900 e. The Morgan fingerprint density at radius 2 is 2.27 bits per heavy atom. The third kappa shape index (κ3) is 2.18. The Labute approximate surface area is 92.8 Å². The van der Waals surface area contributed by atoms with Gasteiger partial charge in [0.1, 0.15) is 0 Å². The minimum absolute atomic E-state index is 0.272. The zero-order valence-corrected chi connectivity index (χ0v) is 9.85.